The predicted molar refractivity (Wildman–Crippen MR) is 82.3 cm³/mol. The molecule has 0 radical (unpaired) electrons. The van der Waals surface area contributed by atoms with Gasteiger partial charge in [0.25, 0.3) is 0 Å². The minimum Gasteiger partial charge on any atom is -0.297 e. The molecule has 1 aromatic rings. The maximum absolute atomic E-state index is 9.40. The van der Waals surface area contributed by atoms with Crippen molar-refractivity contribution in [2.45, 2.75) is 32.2 Å². The summed E-state index contributed by atoms with van der Waals surface area (Å²) in [6.45, 7) is 8.27. The summed E-state index contributed by atoms with van der Waals surface area (Å²) in [4.78, 5) is 2.37. The number of hydrogen-bond acceptors (Lipinski definition) is 2. The van der Waals surface area contributed by atoms with E-state index < -0.39 is 0 Å². The first-order valence-electron chi connectivity index (χ1n) is 6.42. The van der Waals surface area contributed by atoms with Crippen LogP contribution in [0.25, 0.3) is 0 Å². The number of nitriles is 1. The van der Waals surface area contributed by atoms with E-state index in [9.17, 15) is 5.26 Å². The number of halogens is 2. The Bertz CT molecular complexity index is 516. The zero-order valence-corrected chi connectivity index (χ0v) is 13.8. The third-order valence-corrected chi connectivity index (χ3v) is 4.62. The van der Waals surface area contributed by atoms with E-state index in [1.165, 1.54) is 0 Å². The first-order valence-corrected chi connectivity index (χ1v) is 7.59. The van der Waals surface area contributed by atoms with Crippen LogP contribution in [-0.4, -0.2) is 23.5 Å². The number of nitrogens with zero attached hydrogens (tertiary/aromatic N) is 2. The predicted octanol–water partition coefficient (Wildman–Crippen LogP) is 4.44. The van der Waals surface area contributed by atoms with Crippen LogP contribution in [0.5, 0.6) is 0 Å². The molecule has 1 aromatic carbocycles. The summed E-state index contributed by atoms with van der Waals surface area (Å²) >= 11 is 9.76. The van der Waals surface area contributed by atoms with Crippen LogP contribution in [0.1, 0.15) is 32.3 Å². The lowest BCUT2D eigenvalue weighted by molar-refractivity contribution is 0.170. The molecule has 1 saturated heterocycles. The molecule has 1 aliphatic heterocycles. The van der Waals surface area contributed by atoms with Gasteiger partial charge in [0.2, 0.25) is 0 Å². The molecular weight excluding hydrogens is 324 g/mol. The fraction of sp³-hybridized carbons (Fsp3) is 0.533. The van der Waals surface area contributed by atoms with Crippen molar-refractivity contribution < 1.29 is 0 Å². The van der Waals surface area contributed by atoms with Gasteiger partial charge in [-0.25, -0.2) is 0 Å². The van der Waals surface area contributed by atoms with Crippen molar-refractivity contribution >= 4 is 27.5 Å². The molecule has 2 nitrogen and oxygen atoms in total. The van der Waals surface area contributed by atoms with E-state index in [0.29, 0.717) is 0 Å². The second-order valence-corrected chi connectivity index (χ2v) is 7.41. The van der Waals surface area contributed by atoms with Crippen LogP contribution in [0, 0.1) is 17.2 Å². The average molecular weight is 342 g/mol. The van der Waals surface area contributed by atoms with E-state index in [1.807, 2.05) is 18.2 Å². The smallest absolute Gasteiger partial charge is 0.0676 e. The number of benzene rings is 1. The van der Waals surface area contributed by atoms with Gasteiger partial charge in [0.05, 0.1) is 12.0 Å². The fourth-order valence-corrected chi connectivity index (χ4v) is 3.41. The summed E-state index contributed by atoms with van der Waals surface area (Å²) in [5, 5.41) is 10.1. The van der Waals surface area contributed by atoms with Crippen LogP contribution in [0.4, 0.5) is 0 Å². The van der Waals surface area contributed by atoms with Gasteiger partial charge in [-0.1, -0.05) is 33.6 Å². The zero-order chi connectivity index (χ0) is 14.2. The third-order valence-electron chi connectivity index (χ3n) is 3.80. The van der Waals surface area contributed by atoms with Gasteiger partial charge in [-0.15, -0.1) is 0 Å². The average Bonchev–Trinajstić information content (AvgIpc) is 2.72. The first-order chi connectivity index (χ1) is 8.82. The lowest BCUT2D eigenvalue weighted by atomic mass is 9.90. The Morgan fingerprint density at radius 2 is 2.05 bits per heavy atom. The molecule has 0 aliphatic carbocycles. The summed E-state index contributed by atoms with van der Waals surface area (Å²) in [6, 6.07) is 8.38. The van der Waals surface area contributed by atoms with Gasteiger partial charge in [-0.05, 0) is 38.5 Å². The van der Waals surface area contributed by atoms with Crippen LogP contribution < -0.4 is 0 Å². The summed E-state index contributed by atoms with van der Waals surface area (Å²) in [5.74, 6) is 0.211. The molecule has 2 atom stereocenters. The molecule has 0 bridgehead atoms. The highest BCUT2D eigenvalue weighted by Crippen LogP contribution is 2.39. The van der Waals surface area contributed by atoms with Crippen LogP contribution in [-0.2, 0) is 0 Å². The molecule has 4 heteroatoms. The maximum Gasteiger partial charge on any atom is 0.0676 e. The SMILES string of the molecule is CC(C)(C)N1C[C@H](c2ccc(Br)cc2Cl)[C@@H](C#N)C1. The summed E-state index contributed by atoms with van der Waals surface area (Å²) in [7, 11) is 0. The van der Waals surface area contributed by atoms with Crippen LogP contribution in [0.3, 0.4) is 0 Å². The van der Waals surface area contributed by atoms with Crippen molar-refractivity contribution in [3.05, 3.63) is 33.3 Å². The highest BCUT2D eigenvalue weighted by Gasteiger charge is 2.39. The van der Waals surface area contributed by atoms with Crippen LogP contribution in [0.2, 0.25) is 5.02 Å². The van der Waals surface area contributed by atoms with Crippen molar-refractivity contribution in [2.75, 3.05) is 13.1 Å². The minimum atomic E-state index is 0.0119. The van der Waals surface area contributed by atoms with E-state index >= 15 is 0 Å². The van der Waals surface area contributed by atoms with Crippen molar-refractivity contribution in [2.24, 2.45) is 5.92 Å². The van der Waals surface area contributed by atoms with Crippen molar-refractivity contribution in [1.82, 2.24) is 4.90 Å². The largest absolute Gasteiger partial charge is 0.297 e. The van der Waals surface area contributed by atoms with Crippen LogP contribution in [0.15, 0.2) is 22.7 Å². The highest BCUT2D eigenvalue weighted by molar-refractivity contribution is 9.10. The Labute approximate surface area is 128 Å². The van der Waals surface area contributed by atoms with Gasteiger partial charge in [0.1, 0.15) is 0 Å². The van der Waals surface area contributed by atoms with E-state index in [-0.39, 0.29) is 17.4 Å². The molecule has 1 fully saturated rings. The van der Waals surface area contributed by atoms with Crippen molar-refractivity contribution in [3.63, 3.8) is 0 Å². The molecular formula is C15H18BrClN2. The number of likely N-dealkylation sites (tertiary alicyclic amines) is 1. The molecule has 1 aliphatic rings. The molecule has 0 spiro atoms. The summed E-state index contributed by atoms with van der Waals surface area (Å²) < 4.78 is 0.973. The molecule has 19 heavy (non-hydrogen) atoms. The van der Waals surface area contributed by atoms with Gasteiger partial charge >= 0.3 is 0 Å². The lowest BCUT2D eigenvalue weighted by Gasteiger charge is -2.31. The van der Waals surface area contributed by atoms with Crippen molar-refractivity contribution in [1.29, 1.82) is 5.26 Å². The first kappa shape index (κ1) is 14.8. The molecule has 102 valence electrons. The van der Waals surface area contributed by atoms with Gasteiger partial charge < -0.3 is 0 Å². The number of rotatable bonds is 1. The second kappa shape index (κ2) is 5.44. The topological polar surface area (TPSA) is 27.0 Å². The lowest BCUT2D eigenvalue weighted by Crippen LogP contribution is -2.39. The normalized spacial score (nSPS) is 24.4. The quantitative estimate of drug-likeness (QED) is 0.755. The summed E-state index contributed by atoms with van der Waals surface area (Å²) in [5.41, 5.74) is 1.18. The molecule has 2 rings (SSSR count). The van der Waals surface area contributed by atoms with Gasteiger partial charge in [-0.3, -0.25) is 4.90 Å². The molecule has 0 aromatic heterocycles. The minimum absolute atomic E-state index is 0.0119. The maximum atomic E-state index is 9.40. The Kier molecular flexibility index (Phi) is 4.25. The highest BCUT2D eigenvalue weighted by atomic mass is 79.9. The Hall–Kier alpha value is -0.560. The zero-order valence-electron chi connectivity index (χ0n) is 11.5. The van der Waals surface area contributed by atoms with E-state index in [4.69, 9.17) is 11.6 Å². The summed E-state index contributed by atoms with van der Waals surface area (Å²) in [6.07, 6.45) is 0. The molecule has 0 saturated carbocycles. The van der Waals surface area contributed by atoms with E-state index in [1.54, 1.807) is 0 Å². The van der Waals surface area contributed by atoms with E-state index in [0.717, 1.165) is 28.1 Å². The van der Waals surface area contributed by atoms with E-state index in [2.05, 4.69) is 47.7 Å². The Morgan fingerprint density at radius 3 is 2.58 bits per heavy atom. The monoisotopic (exact) mass is 340 g/mol. The standard InChI is InChI=1S/C15H18BrClN2/c1-15(2,3)19-8-10(7-18)13(9-19)12-5-4-11(16)6-14(12)17/h4-6,10,13H,8-9H2,1-3H3/t10-,13-/m0/s1. The molecule has 0 amide bonds. The Morgan fingerprint density at radius 1 is 1.37 bits per heavy atom. The van der Waals surface area contributed by atoms with Gasteiger partial charge in [-0.2, -0.15) is 5.26 Å². The number of hydrogen-bond donors (Lipinski definition) is 0. The molecule has 1 heterocycles. The van der Waals surface area contributed by atoms with Gasteiger partial charge in [0.15, 0.2) is 0 Å². The van der Waals surface area contributed by atoms with Gasteiger partial charge in [0, 0.05) is 34.0 Å². The third kappa shape index (κ3) is 3.13. The fourth-order valence-electron chi connectivity index (χ4n) is 2.60. The molecule has 0 unspecified atom stereocenters. The van der Waals surface area contributed by atoms with Crippen LogP contribution >= 0.6 is 27.5 Å². The molecule has 0 N–H and O–H groups in total. The Balaban J connectivity index is 2.31. The van der Waals surface area contributed by atoms with Crippen molar-refractivity contribution in [3.8, 4) is 6.07 Å². The second-order valence-electron chi connectivity index (χ2n) is 6.08.